The molecule has 3 nitrogen and oxygen atoms in total. The summed E-state index contributed by atoms with van der Waals surface area (Å²) in [5.41, 5.74) is 0.768. The van der Waals surface area contributed by atoms with Gasteiger partial charge >= 0.3 is 0 Å². The van der Waals surface area contributed by atoms with Gasteiger partial charge in [-0.15, -0.1) is 0 Å². The second-order valence-electron chi connectivity index (χ2n) is 4.67. The molecule has 1 unspecified atom stereocenters. The fraction of sp³-hybridized carbons (Fsp3) is 0.562. The molecule has 19 heavy (non-hydrogen) atoms. The fourth-order valence-electron chi connectivity index (χ4n) is 2.06. The molecular formula is C16H25NO2. The highest BCUT2D eigenvalue weighted by atomic mass is 16.5. The molecule has 0 spiro atoms. The van der Waals surface area contributed by atoms with Crippen LogP contribution < -0.4 is 10.1 Å². The molecule has 0 heterocycles. The first-order valence-corrected chi connectivity index (χ1v) is 7.25. The van der Waals surface area contributed by atoms with E-state index in [9.17, 15) is 4.79 Å². The lowest BCUT2D eigenvalue weighted by Crippen LogP contribution is -2.22. The predicted molar refractivity (Wildman–Crippen MR) is 79.5 cm³/mol. The first-order chi connectivity index (χ1) is 9.22. The summed E-state index contributed by atoms with van der Waals surface area (Å²) < 4.78 is 5.52. The van der Waals surface area contributed by atoms with Crippen LogP contribution in [-0.2, 0) is 4.79 Å². The Hall–Kier alpha value is -1.51. The van der Waals surface area contributed by atoms with Gasteiger partial charge in [-0.2, -0.15) is 0 Å². The van der Waals surface area contributed by atoms with Crippen LogP contribution >= 0.6 is 0 Å². The van der Waals surface area contributed by atoms with Gasteiger partial charge in [-0.3, -0.25) is 4.79 Å². The maximum atomic E-state index is 12.2. The first kappa shape index (κ1) is 15.5. The van der Waals surface area contributed by atoms with Crippen LogP contribution in [0.1, 0.15) is 46.5 Å². The Balaban J connectivity index is 2.69. The Kier molecular flexibility index (Phi) is 7.01. The van der Waals surface area contributed by atoms with E-state index in [1.165, 1.54) is 0 Å². The summed E-state index contributed by atoms with van der Waals surface area (Å²) in [7, 11) is 0. The van der Waals surface area contributed by atoms with E-state index in [4.69, 9.17) is 4.74 Å². The number of anilines is 1. The van der Waals surface area contributed by atoms with Crippen molar-refractivity contribution in [1.82, 2.24) is 0 Å². The van der Waals surface area contributed by atoms with Crippen LogP contribution in [0.25, 0.3) is 0 Å². The third-order valence-corrected chi connectivity index (χ3v) is 3.21. The minimum Gasteiger partial charge on any atom is -0.492 e. The van der Waals surface area contributed by atoms with E-state index in [0.717, 1.165) is 37.1 Å². The third-order valence-electron chi connectivity index (χ3n) is 3.21. The van der Waals surface area contributed by atoms with E-state index in [0.29, 0.717) is 6.61 Å². The molecule has 0 radical (unpaired) electrons. The summed E-state index contributed by atoms with van der Waals surface area (Å²) in [6, 6.07) is 7.59. The van der Waals surface area contributed by atoms with Crippen LogP contribution in [0.2, 0.25) is 0 Å². The summed E-state index contributed by atoms with van der Waals surface area (Å²) in [6.45, 7) is 6.75. The van der Waals surface area contributed by atoms with Crippen molar-refractivity contribution in [2.45, 2.75) is 46.5 Å². The molecular weight excluding hydrogens is 238 g/mol. The number of ether oxygens (including phenoxy) is 1. The van der Waals surface area contributed by atoms with Crippen molar-refractivity contribution in [3.05, 3.63) is 24.3 Å². The van der Waals surface area contributed by atoms with Crippen molar-refractivity contribution >= 4 is 11.6 Å². The number of rotatable bonds is 8. The molecule has 1 N–H and O–H groups in total. The lowest BCUT2D eigenvalue weighted by Gasteiger charge is -2.16. The highest BCUT2D eigenvalue weighted by Crippen LogP contribution is 2.25. The summed E-state index contributed by atoms with van der Waals surface area (Å²) >= 11 is 0. The van der Waals surface area contributed by atoms with Crippen LogP contribution in [-0.4, -0.2) is 12.5 Å². The molecule has 0 aliphatic rings. The molecule has 1 amide bonds. The number of amides is 1. The van der Waals surface area contributed by atoms with Crippen LogP contribution in [0, 0.1) is 5.92 Å². The number of unbranched alkanes of at least 4 members (excludes halogenated alkanes) is 1. The maximum Gasteiger partial charge on any atom is 0.227 e. The number of carbonyl (C=O) groups is 1. The molecule has 0 aliphatic carbocycles. The van der Waals surface area contributed by atoms with E-state index in [1.807, 2.05) is 31.2 Å². The molecule has 3 heteroatoms. The molecule has 0 saturated carbocycles. The largest absolute Gasteiger partial charge is 0.492 e. The van der Waals surface area contributed by atoms with Gasteiger partial charge in [0.1, 0.15) is 5.75 Å². The molecule has 0 saturated heterocycles. The molecule has 0 aliphatic heterocycles. The zero-order chi connectivity index (χ0) is 14.1. The second kappa shape index (κ2) is 8.57. The van der Waals surface area contributed by atoms with Crippen molar-refractivity contribution < 1.29 is 9.53 Å². The van der Waals surface area contributed by atoms with E-state index in [1.54, 1.807) is 0 Å². The minimum atomic E-state index is 0.0923. The van der Waals surface area contributed by atoms with Crippen LogP contribution in [0.4, 0.5) is 5.69 Å². The zero-order valence-corrected chi connectivity index (χ0v) is 12.2. The van der Waals surface area contributed by atoms with E-state index < -0.39 is 0 Å². The quantitative estimate of drug-likeness (QED) is 0.761. The van der Waals surface area contributed by atoms with Gasteiger partial charge in [0, 0.05) is 5.92 Å². The topological polar surface area (TPSA) is 38.3 Å². The maximum absolute atomic E-state index is 12.2. The van der Waals surface area contributed by atoms with Gasteiger partial charge in [0.2, 0.25) is 5.91 Å². The lowest BCUT2D eigenvalue weighted by atomic mass is 9.98. The van der Waals surface area contributed by atoms with E-state index in [2.05, 4.69) is 19.2 Å². The summed E-state index contributed by atoms with van der Waals surface area (Å²) in [4.78, 5) is 12.2. The van der Waals surface area contributed by atoms with Gasteiger partial charge in [-0.05, 0) is 31.9 Å². The van der Waals surface area contributed by atoms with E-state index in [-0.39, 0.29) is 11.8 Å². The van der Waals surface area contributed by atoms with Crippen molar-refractivity contribution in [2.24, 2.45) is 5.92 Å². The van der Waals surface area contributed by atoms with Crippen molar-refractivity contribution in [1.29, 1.82) is 0 Å². The Morgan fingerprint density at radius 2 is 2.00 bits per heavy atom. The van der Waals surface area contributed by atoms with Crippen LogP contribution in [0.15, 0.2) is 24.3 Å². The van der Waals surface area contributed by atoms with Crippen LogP contribution in [0.5, 0.6) is 5.75 Å². The minimum absolute atomic E-state index is 0.0923. The fourth-order valence-corrected chi connectivity index (χ4v) is 2.06. The summed E-state index contributed by atoms with van der Waals surface area (Å²) in [6.07, 6.45) is 4.05. The van der Waals surface area contributed by atoms with Gasteiger partial charge in [-0.1, -0.05) is 38.8 Å². The number of carbonyl (C=O) groups excluding carboxylic acids is 1. The molecule has 0 fully saturated rings. The normalized spacial score (nSPS) is 11.9. The number of para-hydroxylation sites is 2. The molecule has 1 aromatic rings. The van der Waals surface area contributed by atoms with E-state index >= 15 is 0 Å². The standard InChI is InChI=1S/C16H25NO2/c1-4-7-10-13(5-2)16(18)17-14-11-8-9-12-15(14)19-6-3/h8-9,11-13H,4-7,10H2,1-3H3,(H,17,18). The Morgan fingerprint density at radius 3 is 2.63 bits per heavy atom. The van der Waals surface area contributed by atoms with Gasteiger partial charge in [0.25, 0.3) is 0 Å². The van der Waals surface area contributed by atoms with Gasteiger partial charge in [0.05, 0.1) is 12.3 Å². The molecule has 0 aromatic heterocycles. The summed E-state index contributed by atoms with van der Waals surface area (Å²) in [5, 5.41) is 2.99. The third kappa shape index (κ3) is 4.93. The molecule has 1 rings (SSSR count). The lowest BCUT2D eigenvalue weighted by molar-refractivity contribution is -0.120. The van der Waals surface area contributed by atoms with Gasteiger partial charge < -0.3 is 10.1 Å². The molecule has 0 bridgehead atoms. The number of benzene rings is 1. The van der Waals surface area contributed by atoms with Crippen molar-refractivity contribution in [2.75, 3.05) is 11.9 Å². The number of hydrogen-bond donors (Lipinski definition) is 1. The zero-order valence-electron chi connectivity index (χ0n) is 12.2. The second-order valence-corrected chi connectivity index (χ2v) is 4.67. The Labute approximate surface area is 116 Å². The summed E-state index contributed by atoms with van der Waals surface area (Å²) in [5.74, 6) is 0.932. The SMILES string of the molecule is CCCCC(CC)C(=O)Nc1ccccc1OCC. The van der Waals surface area contributed by atoms with Gasteiger partial charge in [0.15, 0.2) is 0 Å². The van der Waals surface area contributed by atoms with Gasteiger partial charge in [-0.25, -0.2) is 0 Å². The molecule has 1 aromatic carbocycles. The Morgan fingerprint density at radius 1 is 1.26 bits per heavy atom. The Bertz CT molecular complexity index is 390. The van der Waals surface area contributed by atoms with Crippen LogP contribution in [0.3, 0.4) is 0 Å². The molecule has 106 valence electrons. The number of nitrogens with one attached hydrogen (secondary N) is 1. The monoisotopic (exact) mass is 263 g/mol. The smallest absolute Gasteiger partial charge is 0.227 e. The average molecular weight is 263 g/mol. The van der Waals surface area contributed by atoms with Crippen molar-refractivity contribution in [3.63, 3.8) is 0 Å². The first-order valence-electron chi connectivity index (χ1n) is 7.25. The van der Waals surface area contributed by atoms with Crippen molar-refractivity contribution in [3.8, 4) is 5.75 Å². The number of hydrogen-bond acceptors (Lipinski definition) is 2. The molecule has 1 atom stereocenters. The highest BCUT2D eigenvalue weighted by molar-refractivity contribution is 5.93. The predicted octanol–water partition coefficient (Wildman–Crippen LogP) is 4.24. The highest BCUT2D eigenvalue weighted by Gasteiger charge is 2.17. The average Bonchev–Trinajstić information content (AvgIpc) is 2.42.